The maximum absolute atomic E-state index is 12.2. The van der Waals surface area contributed by atoms with E-state index in [1.54, 1.807) is 0 Å². The number of benzene rings is 1. The van der Waals surface area contributed by atoms with Crippen molar-refractivity contribution in [3.63, 3.8) is 0 Å². The second kappa shape index (κ2) is 3.95. The fourth-order valence-corrected chi connectivity index (χ4v) is 3.43. The first-order valence-electron chi connectivity index (χ1n) is 6.77. The van der Waals surface area contributed by atoms with Gasteiger partial charge in [-0.15, -0.1) is 0 Å². The molecule has 0 radical (unpaired) electrons. The number of carbonyl (C=O) groups is 1. The quantitative estimate of drug-likeness (QED) is 0.722. The van der Waals surface area contributed by atoms with Gasteiger partial charge >= 0.3 is 0 Å². The summed E-state index contributed by atoms with van der Waals surface area (Å²) >= 11 is 0. The van der Waals surface area contributed by atoms with Crippen molar-refractivity contribution in [2.75, 3.05) is 0 Å². The number of hydrogen-bond donors (Lipinski definition) is 1. The van der Waals surface area contributed by atoms with Crippen molar-refractivity contribution in [1.82, 2.24) is 5.32 Å². The lowest BCUT2D eigenvalue weighted by Crippen LogP contribution is -2.55. The topological polar surface area (TPSA) is 29.1 Å². The molecule has 0 saturated carbocycles. The zero-order valence-electron chi connectivity index (χ0n) is 10.5. The number of piperidine rings is 1. The summed E-state index contributed by atoms with van der Waals surface area (Å²) in [7, 11) is 0. The molecule has 1 saturated heterocycles. The minimum absolute atomic E-state index is 0.0128. The van der Waals surface area contributed by atoms with Crippen LogP contribution in [-0.4, -0.2) is 11.9 Å². The van der Waals surface area contributed by atoms with Gasteiger partial charge in [0, 0.05) is 11.8 Å². The molecule has 0 aromatic heterocycles. The van der Waals surface area contributed by atoms with E-state index >= 15 is 0 Å². The fraction of sp³-hybridized carbons (Fsp3) is 0.235. The van der Waals surface area contributed by atoms with E-state index in [-0.39, 0.29) is 23.8 Å². The van der Waals surface area contributed by atoms with Crippen LogP contribution in [0.4, 0.5) is 0 Å². The molecule has 2 heteroatoms. The molecule has 0 bridgehead atoms. The largest absolute Gasteiger partial charge is 0.349 e. The van der Waals surface area contributed by atoms with Crippen molar-refractivity contribution in [2.45, 2.75) is 6.04 Å². The van der Waals surface area contributed by atoms with E-state index in [9.17, 15) is 4.79 Å². The molecule has 0 unspecified atom stereocenters. The molecule has 94 valence electrons. The maximum atomic E-state index is 12.2. The third-order valence-corrected chi connectivity index (χ3v) is 4.38. The standard InChI is InChI=1S/C17H15NO/c19-17-14-8-4-3-7-13(14)15-9-11-5-1-2-6-12(11)10-16(15)18-17/h1-10,13-16H,(H,18,19)/t13-,14-,15+,16+/m0/s1. The average Bonchev–Trinajstić information content (AvgIpc) is 2.46. The molecule has 19 heavy (non-hydrogen) atoms. The van der Waals surface area contributed by atoms with Gasteiger partial charge in [0.1, 0.15) is 0 Å². The van der Waals surface area contributed by atoms with Crippen LogP contribution in [-0.2, 0) is 4.79 Å². The number of hydrogen-bond acceptors (Lipinski definition) is 1. The van der Waals surface area contributed by atoms with Crippen molar-refractivity contribution in [1.29, 1.82) is 0 Å². The molecule has 1 heterocycles. The first kappa shape index (κ1) is 10.8. The number of fused-ring (bicyclic) bond motifs is 4. The molecular formula is C17H15NO. The van der Waals surface area contributed by atoms with Gasteiger partial charge in [0.25, 0.3) is 0 Å². The minimum Gasteiger partial charge on any atom is -0.349 e. The Labute approximate surface area is 111 Å². The highest BCUT2D eigenvalue weighted by Gasteiger charge is 2.40. The molecule has 1 aromatic carbocycles. The Bertz CT molecular complexity index is 713. The van der Waals surface area contributed by atoms with Gasteiger partial charge in [-0.1, -0.05) is 60.7 Å². The van der Waals surface area contributed by atoms with Crippen LogP contribution < -0.4 is 15.8 Å². The van der Waals surface area contributed by atoms with Gasteiger partial charge < -0.3 is 5.32 Å². The summed E-state index contributed by atoms with van der Waals surface area (Å²) in [5.41, 5.74) is 0. The van der Waals surface area contributed by atoms with E-state index in [4.69, 9.17) is 0 Å². The Hall–Kier alpha value is -2.09. The third kappa shape index (κ3) is 1.60. The Kier molecular flexibility index (Phi) is 2.25. The van der Waals surface area contributed by atoms with Gasteiger partial charge in [0.2, 0.25) is 5.91 Å². The molecule has 4 rings (SSSR count). The smallest absolute Gasteiger partial charge is 0.228 e. The van der Waals surface area contributed by atoms with Crippen molar-refractivity contribution in [2.24, 2.45) is 17.8 Å². The summed E-state index contributed by atoms with van der Waals surface area (Å²) < 4.78 is 0. The van der Waals surface area contributed by atoms with Crippen molar-refractivity contribution < 1.29 is 4.79 Å². The van der Waals surface area contributed by atoms with Crippen LogP contribution in [0.2, 0.25) is 0 Å². The predicted molar refractivity (Wildman–Crippen MR) is 75.3 cm³/mol. The van der Waals surface area contributed by atoms with E-state index in [0.29, 0.717) is 5.92 Å². The van der Waals surface area contributed by atoms with Crippen molar-refractivity contribution in [3.05, 3.63) is 59.0 Å². The van der Waals surface area contributed by atoms with Crippen LogP contribution in [0.25, 0.3) is 12.2 Å². The van der Waals surface area contributed by atoms with Crippen LogP contribution in [0.3, 0.4) is 0 Å². The lowest BCUT2D eigenvalue weighted by Gasteiger charge is -2.40. The Balaban J connectivity index is 1.86. The SMILES string of the molecule is O=C1N[C@@H]2C=c3ccccc3=C[C@@H]2[C@H]2C=CC=C[C@H]12. The number of nitrogens with one attached hydrogen (secondary N) is 1. The monoisotopic (exact) mass is 249 g/mol. The normalized spacial score (nSPS) is 34.2. The van der Waals surface area contributed by atoms with Gasteiger partial charge in [-0.3, -0.25) is 4.79 Å². The van der Waals surface area contributed by atoms with Crippen LogP contribution in [0.15, 0.2) is 48.6 Å². The second-order valence-electron chi connectivity index (χ2n) is 5.45. The lowest BCUT2D eigenvalue weighted by atomic mass is 9.70. The fourth-order valence-electron chi connectivity index (χ4n) is 3.43. The summed E-state index contributed by atoms with van der Waals surface area (Å²) in [5, 5.41) is 5.65. The number of allylic oxidation sites excluding steroid dienone is 3. The van der Waals surface area contributed by atoms with Gasteiger partial charge in [-0.05, 0) is 10.4 Å². The molecule has 2 nitrogen and oxygen atoms in total. The molecule has 1 fully saturated rings. The average molecular weight is 249 g/mol. The van der Waals surface area contributed by atoms with Gasteiger partial charge in [0.05, 0.1) is 12.0 Å². The van der Waals surface area contributed by atoms with Crippen LogP contribution in [0.5, 0.6) is 0 Å². The highest BCUT2D eigenvalue weighted by molar-refractivity contribution is 5.84. The summed E-state index contributed by atoms with van der Waals surface area (Å²) in [4.78, 5) is 12.2. The second-order valence-corrected chi connectivity index (χ2v) is 5.45. The molecule has 1 N–H and O–H groups in total. The molecule has 2 aliphatic carbocycles. The van der Waals surface area contributed by atoms with Crippen molar-refractivity contribution in [3.8, 4) is 0 Å². The van der Waals surface area contributed by atoms with E-state index in [1.165, 1.54) is 10.4 Å². The molecule has 3 aliphatic rings. The summed E-state index contributed by atoms with van der Waals surface area (Å²) in [5.74, 6) is 0.782. The minimum atomic E-state index is -0.0128. The van der Waals surface area contributed by atoms with E-state index in [2.05, 4.69) is 47.8 Å². The Morgan fingerprint density at radius 1 is 0.895 bits per heavy atom. The van der Waals surface area contributed by atoms with Crippen molar-refractivity contribution >= 4 is 18.1 Å². The van der Waals surface area contributed by atoms with Gasteiger partial charge in [-0.2, -0.15) is 0 Å². The highest BCUT2D eigenvalue weighted by atomic mass is 16.2. The maximum Gasteiger partial charge on any atom is 0.228 e. The number of carbonyl (C=O) groups excluding carboxylic acids is 1. The molecule has 1 aliphatic heterocycles. The van der Waals surface area contributed by atoms with E-state index in [1.807, 2.05) is 18.2 Å². The highest BCUT2D eigenvalue weighted by Crippen LogP contribution is 2.35. The van der Waals surface area contributed by atoms with Gasteiger partial charge in [0.15, 0.2) is 0 Å². The number of rotatable bonds is 0. The molecular weight excluding hydrogens is 234 g/mol. The zero-order valence-corrected chi connectivity index (χ0v) is 10.5. The molecule has 1 amide bonds. The molecule has 4 atom stereocenters. The van der Waals surface area contributed by atoms with Crippen LogP contribution in [0, 0.1) is 17.8 Å². The van der Waals surface area contributed by atoms with Crippen LogP contribution in [0.1, 0.15) is 0 Å². The van der Waals surface area contributed by atoms with E-state index in [0.717, 1.165) is 0 Å². The molecule has 1 aromatic rings. The lowest BCUT2D eigenvalue weighted by molar-refractivity contribution is -0.127. The third-order valence-electron chi connectivity index (χ3n) is 4.38. The van der Waals surface area contributed by atoms with E-state index < -0.39 is 0 Å². The Morgan fingerprint density at radius 3 is 2.47 bits per heavy atom. The predicted octanol–water partition coefficient (Wildman–Crippen LogP) is 0.734. The first-order chi connectivity index (χ1) is 9.33. The summed E-state index contributed by atoms with van der Waals surface area (Å²) in [6, 6.07) is 8.49. The summed E-state index contributed by atoms with van der Waals surface area (Å²) in [6.45, 7) is 0. The molecule has 0 spiro atoms. The number of amides is 1. The first-order valence-corrected chi connectivity index (χ1v) is 6.77. The van der Waals surface area contributed by atoms with Crippen LogP contribution >= 0.6 is 0 Å². The summed E-state index contributed by atoms with van der Waals surface area (Å²) in [6.07, 6.45) is 12.7. The zero-order chi connectivity index (χ0) is 12.8. The Morgan fingerprint density at radius 2 is 1.63 bits per heavy atom. The van der Waals surface area contributed by atoms with Gasteiger partial charge in [-0.25, -0.2) is 0 Å².